The van der Waals surface area contributed by atoms with Crippen LogP contribution in [0.3, 0.4) is 0 Å². The summed E-state index contributed by atoms with van der Waals surface area (Å²) >= 11 is 0. The topological polar surface area (TPSA) is 92.3 Å². The number of benzene rings is 10. The minimum atomic E-state index is 0.694. The molecule has 0 aromatic heterocycles. The summed E-state index contributed by atoms with van der Waals surface area (Å²) in [6.07, 6.45) is 23.1. The van der Waals surface area contributed by atoms with Crippen LogP contribution in [0.15, 0.2) is 60.7 Å². The third kappa shape index (κ3) is 8.72. The maximum atomic E-state index is 7.03. The van der Waals surface area contributed by atoms with Gasteiger partial charge in [-0.1, -0.05) is 0 Å². The number of hydrogen-bond acceptors (Lipinski definition) is 10. The predicted octanol–water partition coefficient (Wildman–Crippen LogP) is 17.0. The van der Waals surface area contributed by atoms with Gasteiger partial charge in [-0.05, 0) is 299 Å². The number of aryl methyl sites for hydroxylation is 10. The van der Waals surface area contributed by atoms with Crippen molar-refractivity contribution in [2.45, 2.75) is 161 Å². The lowest BCUT2D eigenvalue weighted by Gasteiger charge is -2.30. The Morgan fingerprint density at radius 3 is 0.632 bits per heavy atom. The van der Waals surface area contributed by atoms with Gasteiger partial charge in [-0.3, -0.25) is 0 Å². The third-order valence-electron chi connectivity index (χ3n) is 23.5. The summed E-state index contributed by atoms with van der Waals surface area (Å²) in [5, 5.41) is 13.1. The number of hydrogen-bond donors (Lipinski definition) is 0. The summed E-state index contributed by atoms with van der Waals surface area (Å²) in [4.78, 5) is 0. The molecule has 0 unspecified atom stereocenters. The van der Waals surface area contributed by atoms with Gasteiger partial charge < -0.3 is 47.4 Å². The highest BCUT2D eigenvalue weighted by molar-refractivity contribution is 6.01. The monoisotopic (exact) mass is 1260 g/mol. The van der Waals surface area contributed by atoms with E-state index in [-0.39, 0.29) is 0 Å². The van der Waals surface area contributed by atoms with Crippen molar-refractivity contribution in [2.24, 2.45) is 0 Å². The van der Waals surface area contributed by atoms with Crippen LogP contribution in [0.2, 0.25) is 0 Å². The lowest BCUT2D eigenvalue weighted by Crippen LogP contribution is -2.17. The van der Waals surface area contributed by atoms with Gasteiger partial charge in [0, 0.05) is 87.7 Å². The van der Waals surface area contributed by atoms with Gasteiger partial charge in [0.1, 0.15) is 57.5 Å². The van der Waals surface area contributed by atoms with E-state index in [1.165, 1.54) is 165 Å². The standard InChI is InChI=1S/C85H80O10/c1-11-60-71(86-21-1)45-46-31-51-32-47-33-52(78-62(13-3-23-88-78)72(47)61-12-2-22-87-77(51)61)40-53-34-48-35-54(80-64(15-5-25-90-80)73(48)63-14-4-24-89-79(53)63)41-55-36-49-37-56(82-66(17-7-27-92-82)74(49)65-16-6-26-91-81(55)65)42-57-38-50-39-58(43-59-44-70(46)76(60)69-20-10-30-95-85(59)69)84-68(19-9-29-94-84)75(50)67-18-8-28-93-83(57)67/h32-39,44-45H,1-31,40-43H2. The molecule has 0 atom stereocenters. The fourth-order valence-corrected chi connectivity index (χ4v) is 19.9. The zero-order valence-electron chi connectivity index (χ0n) is 54.6. The predicted molar refractivity (Wildman–Crippen MR) is 372 cm³/mol. The van der Waals surface area contributed by atoms with Crippen molar-refractivity contribution in [3.8, 4) is 57.5 Å². The largest absolute Gasteiger partial charge is 0.493 e. The summed E-state index contributed by atoms with van der Waals surface area (Å²) < 4.78 is 69.6. The van der Waals surface area contributed by atoms with Crippen LogP contribution < -0.4 is 47.4 Å². The van der Waals surface area contributed by atoms with Gasteiger partial charge >= 0.3 is 0 Å². The minimum absolute atomic E-state index is 0.694. The van der Waals surface area contributed by atoms with Crippen LogP contribution in [0.5, 0.6) is 57.5 Å². The number of rotatable bonds is 0. The second-order valence-electron chi connectivity index (χ2n) is 29.3. The first-order chi connectivity index (χ1) is 47.1. The van der Waals surface area contributed by atoms with Crippen LogP contribution in [0.4, 0.5) is 0 Å². The summed E-state index contributed by atoms with van der Waals surface area (Å²) in [5.41, 5.74) is 25.7. The van der Waals surface area contributed by atoms with E-state index < -0.39 is 0 Å². The molecular weight excluding hydrogens is 1180 g/mol. The van der Waals surface area contributed by atoms with Crippen LogP contribution in [-0.2, 0) is 96.3 Å². The van der Waals surface area contributed by atoms with Crippen molar-refractivity contribution in [3.63, 3.8) is 0 Å². The quantitative estimate of drug-likeness (QED) is 0.146. The first-order valence-corrected chi connectivity index (χ1v) is 36.5. The molecule has 0 amide bonds. The van der Waals surface area contributed by atoms with Gasteiger partial charge in [-0.15, -0.1) is 0 Å². The van der Waals surface area contributed by atoms with Crippen molar-refractivity contribution in [1.82, 2.24) is 0 Å². The van der Waals surface area contributed by atoms with Crippen LogP contribution in [0, 0.1) is 0 Å². The molecular formula is C85H80O10. The van der Waals surface area contributed by atoms with Crippen molar-refractivity contribution < 1.29 is 47.4 Å². The highest BCUT2D eigenvalue weighted by Crippen LogP contribution is 2.54. The van der Waals surface area contributed by atoms with Gasteiger partial charge in [0.05, 0.1) is 66.1 Å². The summed E-state index contributed by atoms with van der Waals surface area (Å²) in [5.74, 6) is 10.6. The molecule has 10 heterocycles. The molecule has 10 nitrogen and oxygen atoms in total. The molecule has 0 spiro atoms. The molecule has 480 valence electrons. The van der Waals surface area contributed by atoms with E-state index in [2.05, 4.69) is 60.7 Å². The molecule has 0 fully saturated rings. The van der Waals surface area contributed by atoms with E-state index in [1.54, 1.807) is 0 Å². The summed E-state index contributed by atoms with van der Waals surface area (Å²) in [7, 11) is 0. The van der Waals surface area contributed by atoms with E-state index >= 15 is 0 Å². The van der Waals surface area contributed by atoms with Gasteiger partial charge in [0.25, 0.3) is 0 Å². The Balaban J connectivity index is 0.837. The Morgan fingerprint density at radius 2 is 0.379 bits per heavy atom. The summed E-state index contributed by atoms with van der Waals surface area (Å²) in [6, 6.07) is 24.9. The van der Waals surface area contributed by atoms with Gasteiger partial charge in [-0.25, -0.2) is 0 Å². The third-order valence-corrected chi connectivity index (χ3v) is 23.5. The highest BCUT2D eigenvalue weighted by atomic mass is 16.5. The van der Waals surface area contributed by atoms with Crippen LogP contribution in [0.1, 0.15) is 175 Å². The molecule has 10 aliphatic heterocycles. The Morgan fingerprint density at radius 1 is 0.179 bits per heavy atom. The lowest BCUT2D eigenvalue weighted by atomic mass is 9.82. The fourth-order valence-electron chi connectivity index (χ4n) is 19.9. The average Bonchev–Trinajstić information content (AvgIpc) is 0.759. The van der Waals surface area contributed by atoms with Crippen molar-refractivity contribution in [2.75, 3.05) is 66.1 Å². The van der Waals surface area contributed by atoms with Crippen LogP contribution in [-0.4, -0.2) is 66.1 Å². The summed E-state index contributed by atoms with van der Waals surface area (Å²) in [6.45, 7) is 7.11. The van der Waals surface area contributed by atoms with Crippen LogP contribution in [0.25, 0.3) is 53.9 Å². The van der Waals surface area contributed by atoms with Crippen LogP contribution >= 0.6 is 0 Å². The molecule has 11 aliphatic rings. The zero-order chi connectivity index (χ0) is 62.0. The first-order valence-electron chi connectivity index (χ1n) is 36.5. The van der Waals surface area contributed by atoms with Gasteiger partial charge in [-0.2, -0.15) is 0 Å². The van der Waals surface area contributed by atoms with E-state index in [1.807, 2.05) is 0 Å². The van der Waals surface area contributed by atoms with E-state index in [4.69, 9.17) is 47.4 Å². The van der Waals surface area contributed by atoms with Crippen molar-refractivity contribution in [1.29, 1.82) is 0 Å². The SMILES string of the molecule is c1c2c(c3c4c(c5cc3c1Cc1cc3cc(c6c(c3c3c1OCCC3)CCCO6)Cc1cc3cc(c6c(c3c3c1OCCC3)CCCO6)Cc1cc3cc(c6c(c3c3c1OCCC3)CCCO6)Cc1cc3cc(c6c(c3c3c1OCCC3)CCCO6)C5)OCCC4)CCCO2. The maximum absolute atomic E-state index is 7.03. The highest BCUT2D eigenvalue weighted by Gasteiger charge is 2.35. The second kappa shape index (κ2) is 22.0. The molecule has 0 saturated heterocycles. The Labute approximate surface area is 554 Å². The Hall–Kier alpha value is -8.50. The normalized spacial score (nSPS) is 18.9. The zero-order valence-corrected chi connectivity index (χ0v) is 54.6. The number of fused-ring (bicyclic) bond motifs is 38. The van der Waals surface area contributed by atoms with Crippen molar-refractivity contribution in [3.05, 3.63) is 172 Å². The molecule has 10 aromatic carbocycles. The first kappa shape index (κ1) is 55.8. The smallest absolute Gasteiger partial charge is 0.126 e. The maximum Gasteiger partial charge on any atom is 0.126 e. The lowest BCUT2D eigenvalue weighted by molar-refractivity contribution is 0.281. The Bertz CT molecular complexity index is 5030. The molecule has 95 heavy (non-hydrogen) atoms. The molecule has 10 aromatic rings. The number of ether oxygens (including phenoxy) is 10. The minimum Gasteiger partial charge on any atom is -0.493 e. The fraction of sp³-hybridized carbons (Fsp3) is 0.412. The van der Waals surface area contributed by atoms with Crippen molar-refractivity contribution >= 4 is 53.9 Å². The van der Waals surface area contributed by atoms with E-state index in [9.17, 15) is 0 Å². The molecule has 14 bridgehead atoms. The van der Waals surface area contributed by atoms with Gasteiger partial charge in [0.2, 0.25) is 0 Å². The molecule has 0 radical (unpaired) electrons. The molecule has 10 heteroatoms. The van der Waals surface area contributed by atoms with E-state index in [0.29, 0.717) is 91.6 Å². The van der Waals surface area contributed by atoms with Gasteiger partial charge in [0.15, 0.2) is 0 Å². The molecule has 0 N–H and O–H groups in total. The Kier molecular flexibility index (Phi) is 12.9. The average molecular weight is 1260 g/mol. The molecule has 0 saturated carbocycles. The second-order valence-corrected chi connectivity index (χ2v) is 29.3. The molecule has 21 rings (SSSR count). The molecule has 1 aliphatic carbocycles. The van der Waals surface area contributed by atoms with E-state index in [0.717, 1.165) is 193 Å².